The second kappa shape index (κ2) is 22.3. The number of aliphatic hydroxyl groups excluding tert-OH is 3. The molecule has 1 aliphatic heterocycles. The summed E-state index contributed by atoms with van der Waals surface area (Å²) in [4.78, 5) is 24.2. The van der Waals surface area contributed by atoms with Crippen LogP contribution in [0.5, 0.6) is 17.2 Å². The van der Waals surface area contributed by atoms with Crippen molar-refractivity contribution in [2.75, 3.05) is 52.4 Å². The number of amides is 1. The number of nitriles is 1. The lowest BCUT2D eigenvalue weighted by atomic mass is 9.55. The van der Waals surface area contributed by atoms with Gasteiger partial charge in [-0.15, -0.1) is 18.3 Å². The van der Waals surface area contributed by atoms with Crippen molar-refractivity contribution in [1.82, 2.24) is 4.90 Å². The summed E-state index contributed by atoms with van der Waals surface area (Å²) >= 11 is 1.66. The first-order valence-electron chi connectivity index (χ1n) is 22.1. The third-order valence-corrected chi connectivity index (χ3v) is 12.7. The van der Waals surface area contributed by atoms with Crippen molar-refractivity contribution in [2.24, 2.45) is 22.9 Å². The molecule has 0 aromatic heterocycles. The van der Waals surface area contributed by atoms with Crippen LogP contribution in [0, 0.1) is 29.1 Å². The van der Waals surface area contributed by atoms with Crippen LogP contribution >= 0.6 is 11.8 Å². The minimum Gasteiger partial charge on any atom is -0.459 e. The summed E-state index contributed by atoms with van der Waals surface area (Å²) in [5.41, 5.74) is 2.69. The van der Waals surface area contributed by atoms with E-state index in [0.717, 1.165) is 41.7 Å². The van der Waals surface area contributed by atoms with Crippen LogP contribution in [0.3, 0.4) is 0 Å². The quantitative estimate of drug-likeness (QED) is 0.0383. The number of ether oxygens (including phenoxy) is 4. The molecule has 6 rings (SSSR count). The number of oxime groups is 1. The van der Waals surface area contributed by atoms with Crippen molar-refractivity contribution in [2.45, 2.75) is 94.0 Å². The lowest BCUT2D eigenvalue weighted by Crippen LogP contribution is -2.70. The SMILES string of the molecule is C=CCO[C@@]12Oc3ccc(Oc4ccc(SC)cc4)cc3[C@H]3[C@H](CCCCO)[C@@H](CCCCO)C=C(C(=NOC(C)(C)C)C[C@@H]1N(CCOCCO)C(=O)c1ccc(C#N)cc1)[C@H]32. The predicted molar refractivity (Wildman–Crippen MR) is 244 cm³/mol. The molecule has 0 bridgehead atoms. The standard InChI is InChI=1S/C50H63N3O9S/c1-6-27-59-50-45(53(23-28-58-29-26-56)48(57)35-15-13-34(33-51)14-16-35)32-43(52-62-49(2,3)4)41-30-36(11-7-9-24-54)40(12-8-10-25-55)46(47(41)50)42-31-38(19-22-44(42)61-50)60-37-17-20-39(63-5)21-18-37/h6,13-22,30-31,36,40,45-47,54-56H,1,7-12,23-29,32H2,2-5H3/t36-,40+,45-,46+,47+,50+/m0/s1. The highest BCUT2D eigenvalue weighted by Crippen LogP contribution is 2.62. The zero-order valence-electron chi connectivity index (χ0n) is 37.0. The summed E-state index contributed by atoms with van der Waals surface area (Å²) in [6, 6.07) is 21.8. The Morgan fingerprint density at radius 2 is 1.70 bits per heavy atom. The molecule has 12 nitrogen and oxygen atoms in total. The number of benzene rings is 3. The number of allylic oxidation sites excluding steroid dienone is 1. The molecule has 13 heteroatoms. The topological polar surface area (TPSA) is 163 Å². The van der Waals surface area contributed by atoms with E-state index in [2.05, 4.69) is 24.8 Å². The van der Waals surface area contributed by atoms with Gasteiger partial charge < -0.3 is 44.0 Å². The van der Waals surface area contributed by atoms with E-state index >= 15 is 4.79 Å². The minimum atomic E-state index is -1.49. The number of thioether (sulfide) groups is 1. The normalized spacial score (nSPS) is 23.1. The molecule has 1 fully saturated rings. The summed E-state index contributed by atoms with van der Waals surface area (Å²) in [6.07, 6.45) is 10.7. The highest BCUT2D eigenvalue weighted by Gasteiger charge is 2.65. The molecule has 0 radical (unpaired) electrons. The van der Waals surface area contributed by atoms with Gasteiger partial charge in [-0.1, -0.05) is 30.1 Å². The number of carbonyl (C=O) groups excluding carboxylic acids is 1. The summed E-state index contributed by atoms with van der Waals surface area (Å²) in [5.74, 6) is -0.556. The van der Waals surface area contributed by atoms with Crippen LogP contribution in [-0.2, 0) is 14.3 Å². The fourth-order valence-electron chi connectivity index (χ4n) is 9.27. The van der Waals surface area contributed by atoms with Crippen LogP contribution in [0.2, 0.25) is 0 Å². The molecule has 1 saturated carbocycles. The van der Waals surface area contributed by atoms with Gasteiger partial charge in [-0.05, 0) is 137 Å². The van der Waals surface area contributed by atoms with Crippen LogP contribution in [0.25, 0.3) is 0 Å². The van der Waals surface area contributed by atoms with E-state index in [0.29, 0.717) is 46.9 Å². The Morgan fingerprint density at radius 1 is 0.984 bits per heavy atom. The van der Waals surface area contributed by atoms with Gasteiger partial charge in [-0.3, -0.25) is 4.79 Å². The molecule has 0 saturated heterocycles. The third-order valence-electron chi connectivity index (χ3n) is 12.0. The number of rotatable bonds is 22. The molecular weight excluding hydrogens is 819 g/mol. The zero-order chi connectivity index (χ0) is 45.0. The lowest BCUT2D eigenvalue weighted by Gasteiger charge is -2.60. The maximum atomic E-state index is 15.1. The molecule has 1 heterocycles. The maximum Gasteiger partial charge on any atom is 0.254 e. The number of nitrogens with zero attached hydrogens (tertiary/aromatic N) is 3. The van der Waals surface area contributed by atoms with Crippen LogP contribution in [0.15, 0.2) is 101 Å². The molecule has 3 aliphatic rings. The first kappa shape index (κ1) is 47.8. The first-order valence-corrected chi connectivity index (χ1v) is 23.3. The van der Waals surface area contributed by atoms with Crippen molar-refractivity contribution in [3.63, 3.8) is 0 Å². The van der Waals surface area contributed by atoms with E-state index in [4.69, 9.17) is 28.9 Å². The highest BCUT2D eigenvalue weighted by atomic mass is 32.2. The summed E-state index contributed by atoms with van der Waals surface area (Å²) in [7, 11) is 0. The number of hydrogen-bond donors (Lipinski definition) is 3. The van der Waals surface area contributed by atoms with Crippen LogP contribution in [-0.4, -0.2) is 102 Å². The Kier molecular flexibility index (Phi) is 16.9. The Balaban J connectivity index is 1.61. The number of hydrogen-bond acceptors (Lipinski definition) is 12. The summed E-state index contributed by atoms with van der Waals surface area (Å²) < 4.78 is 26.9. The second-order valence-corrected chi connectivity index (χ2v) is 18.2. The van der Waals surface area contributed by atoms with E-state index in [1.165, 1.54) is 0 Å². The van der Waals surface area contributed by atoms with Crippen LogP contribution in [0.4, 0.5) is 0 Å². The van der Waals surface area contributed by atoms with Crippen LogP contribution < -0.4 is 9.47 Å². The fourth-order valence-corrected chi connectivity index (χ4v) is 9.67. The third kappa shape index (κ3) is 11.3. The lowest BCUT2D eigenvalue weighted by molar-refractivity contribution is -0.254. The number of carbonyl (C=O) groups is 1. The molecule has 3 N–H and O–H groups in total. The smallest absolute Gasteiger partial charge is 0.254 e. The van der Waals surface area contributed by atoms with Crippen LogP contribution in [0.1, 0.15) is 93.1 Å². The van der Waals surface area contributed by atoms with Crippen molar-refractivity contribution in [3.8, 4) is 23.3 Å². The average molecular weight is 882 g/mol. The predicted octanol–water partition coefficient (Wildman–Crippen LogP) is 8.66. The molecule has 63 heavy (non-hydrogen) atoms. The van der Waals surface area contributed by atoms with E-state index in [-0.39, 0.29) is 76.3 Å². The minimum absolute atomic E-state index is 0.0218. The van der Waals surface area contributed by atoms with Crippen molar-refractivity contribution < 1.29 is 43.9 Å². The second-order valence-electron chi connectivity index (χ2n) is 17.3. The largest absolute Gasteiger partial charge is 0.459 e. The summed E-state index contributed by atoms with van der Waals surface area (Å²) in [6.45, 7) is 10.3. The number of unbranched alkanes of at least 4 members (excludes halogenated alkanes) is 2. The molecule has 2 aliphatic carbocycles. The Labute approximate surface area is 376 Å². The molecule has 3 aromatic rings. The maximum absolute atomic E-state index is 15.1. The molecular formula is C50H63N3O9S. The molecule has 3 aromatic carbocycles. The van der Waals surface area contributed by atoms with Crippen molar-refractivity contribution >= 4 is 23.4 Å². The number of fused-ring (bicyclic) bond motifs is 2. The van der Waals surface area contributed by atoms with Gasteiger partial charge in [-0.25, -0.2) is 0 Å². The highest BCUT2D eigenvalue weighted by molar-refractivity contribution is 7.98. The average Bonchev–Trinajstić information content (AvgIpc) is 3.29. The Bertz CT molecular complexity index is 2100. The molecule has 338 valence electrons. The molecule has 0 unspecified atom stereocenters. The molecule has 1 amide bonds. The monoisotopic (exact) mass is 881 g/mol. The van der Waals surface area contributed by atoms with Gasteiger partial charge in [-0.2, -0.15) is 5.26 Å². The molecule has 6 atom stereocenters. The van der Waals surface area contributed by atoms with Gasteiger partial charge in [0.2, 0.25) is 5.79 Å². The van der Waals surface area contributed by atoms with E-state index in [1.807, 2.05) is 63.4 Å². The van der Waals surface area contributed by atoms with Crippen molar-refractivity contribution in [1.29, 1.82) is 5.26 Å². The van der Waals surface area contributed by atoms with Gasteiger partial charge in [0.15, 0.2) is 0 Å². The summed E-state index contributed by atoms with van der Waals surface area (Å²) in [5, 5.41) is 44.1. The van der Waals surface area contributed by atoms with E-state index < -0.39 is 23.3 Å². The Morgan fingerprint density at radius 3 is 2.35 bits per heavy atom. The van der Waals surface area contributed by atoms with Crippen molar-refractivity contribution in [3.05, 3.63) is 108 Å². The van der Waals surface area contributed by atoms with E-state index in [9.17, 15) is 20.6 Å². The van der Waals surface area contributed by atoms with E-state index in [1.54, 1.807) is 47.0 Å². The zero-order valence-corrected chi connectivity index (χ0v) is 37.9. The Hall–Kier alpha value is -4.68. The van der Waals surface area contributed by atoms with Gasteiger partial charge >= 0.3 is 0 Å². The fraction of sp³-hybridized carbons (Fsp3) is 0.500. The van der Waals surface area contributed by atoms with Gasteiger partial charge in [0.1, 0.15) is 28.9 Å². The number of aliphatic hydroxyl groups is 3. The van der Waals surface area contributed by atoms with Gasteiger partial charge in [0.25, 0.3) is 5.91 Å². The first-order chi connectivity index (χ1) is 30.5. The van der Waals surface area contributed by atoms with Gasteiger partial charge in [0.05, 0.1) is 49.7 Å². The van der Waals surface area contributed by atoms with Gasteiger partial charge in [0, 0.05) is 48.1 Å². The molecule has 0 spiro atoms.